The number of rotatable bonds is 4. The zero-order valence-corrected chi connectivity index (χ0v) is 20.1. The van der Waals surface area contributed by atoms with Crippen molar-refractivity contribution in [2.24, 2.45) is 0 Å². The van der Waals surface area contributed by atoms with E-state index in [0.717, 1.165) is 28.1 Å². The third-order valence-electron chi connectivity index (χ3n) is 5.85. The van der Waals surface area contributed by atoms with E-state index >= 15 is 0 Å². The van der Waals surface area contributed by atoms with E-state index in [1.807, 2.05) is 73.7 Å². The van der Waals surface area contributed by atoms with Gasteiger partial charge in [0.15, 0.2) is 0 Å². The quantitative estimate of drug-likeness (QED) is 0.293. The number of hydrogen-bond acceptors (Lipinski definition) is 6. The number of benzene rings is 4. The summed E-state index contributed by atoms with van der Waals surface area (Å²) in [6, 6.07) is 23.2. The first-order chi connectivity index (χ1) is 16.2. The summed E-state index contributed by atoms with van der Waals surface area (Å²) in [6.45, 7) is 4.14. The van der Waals surface area contributed by atoms with Gasteiger partial charge in [0, 0.05) is 11.4 Å². The summed E-state index contributed by atoms with van der Waals surface area (Å²) in [4.78, 5) is 0. The van der Waals surface area contributed by atoms with Gasteiger partial charge in [-0.25, -0.2) is 0 Å². The largest absolute Gasteiger partial charge is 0.495 e. The molecule has 6 nitrogen and oxygen atoms in total. The van der Waals surface area contributed by atoms with Crippen LogP contribution < -0.4 is 32.4 Å². The molecule has 4 aromatic rings. The van der Waals surface area contributed by atoms with Crippen LogP contribution in [0.5, 0.6) is 11.5 Å². The van der Waals surface area contributed by atoms with Gasteiger partial charge < -0.3 is 32.4 Å². The van der Waals surface area contributed by atoms with Gasteiger partial charge >= 0.3 is 0 Å². The Morgan fingerprint density at radius 3 is 1.41 bits per heavy atom. The Morgan fingerprint density at radius 1 is 0.500 bits per heavy atom. The maximum absolute atomic E-state index is 5.87. The normalized spacial score (nSPS) is 10.2. The molecule has 0 saturated carbocycles. The van der Waals surface area contributed by atoms with Gasteiger partial charge in [0.2, 0.25) is 0 Å². The van der Waals surface area contributed by atoms with Gasteiger partial charge in [-0.3, -0.25) is 0 Å². The summed E-state index contributed by atoms with van der Waals surface area (Å²) >= 11 is 0. The molecule has 176 valence electrons. The second kappa shape index (κ2) is 10.5. The number of methoxy groups -OCH3 is 2. The van der Waals surface area contributed by atoms with Crippen molar-refractivity contribution in [1.82, 2.24) is 0 Å². The van der Waals surface area contributed by atoms with Crippen LogP contribution in [0.1, 0.15) is 11.1 Å². The van der Waals surface area contributed by atoms with E-state index in [-0.39, 0.29) is 0 Å². The average Bonchev–Trinajstić information content (AvgIpc) is 2.84. The highest BCUT2D eigenvalue weighted by Gasteiger charge is 2.07. The van der Waals surface area contributed by atoms with Crippen molar-refractivity contribution in [2.45, 2.75) is 13.8 Å². The molecular weight excluding hydrogens is 424 g/mol. The Balaban J connectivity index is 0.000000192. The summed E-state index contributed by atoms with van der Waals surface area (Å²) in [6.07, 6.45) is 0. The summed E-state index contributed by atoms with van der Waals surface area (Å²) < 4.78 is 10.4. The van der Waals surface area contributed by atoms with Gasteiger partial charge in [-0.05, 0) is 89.7 Å². The minimum absolute atomic E-state index is 0.615. The van der Waals surface area contributed by atoms with Crippen LogP contribution in [-0.2, 0) is 0 Å². The molecule has 0 saturated heterocycles. The summed E-state index contributed by atoms with van der Waals surface area (Å²) in [5.41, 5.74) is 32.7. The Hall–Kier alpha value is -4.32. The van der Waals surface area contributed by atoms with Crippen LogP contribution in [-0.4, -0.2) is 14.2 Å². The molecule has 0 amide bonds. The molecule has 34 heavy (non-hydrogen) atoms. The van der Waals surface area contributed by atoms with E-state index in [1.54, 1.807) is 14.2 Å². The number of nitrogen functional groups attached to an aromatic ring is 4. The van der Waals surface area contributed by atoms with Crippen molar-refractivity contribution in [3.8, 4) is 33.8 Å². The molecule has 4 rings (SSSR count). The fourth-order valence-electron chi connectivity index (χ4n) is 3.60. The summed E-state index contributed by atoms with van der Waals surface area (Å²) in [5.74, 6) is 1.31. The van der Waals surface area contributed by atoms with E-state index < -0.39 is 0 Å². The highest BCUT2D eigenvalue weighted by Crippen LogP contribution is 2.33. The number of nitrogens with two attached hydrogens (primary N) is 4. The molecule has 4 aromatic carbocycles. The van der Waals surface area contributed by atoms with Crippen LogP contribution in [0.2, 0.25) is 0 Å². The van der Waals surface area contributed by atoms with Gasteiger partial charge in [0.05, 0.1) is 25.6 Å². The lowest BCUT2D eigenvalue weighted by Gasteiger charge is -2.11. The van der Waals surface area contributed by atoms with E-state index in [1.165, 1.54) is 16.7 Å². The zero-order valence-electron chi connectivity index (χ0n) is 20.1. The molecule has 0 unspecified atom stereocenters. The van der Waals surface area contributed by atoms with Crippen molar-refractivity contribution in [3.05, 3.63) is 83.9 Å². The molecule has 6 heteroatoms. The fraction of sp³-hybridized carbons (Fsp3) is 0.143. The van der Waals surface area contributed by atoms with Crippen LogP contribution in [0.15, 0.2) is 72.8 Å². The van der Waals surface area contributed by atoms with Gasteiger partial charge in [-0.1, -0.05) is 30.3 Å². The molecule has 0 heterocycles. The maximum Gasteiger partial charge on any atom is 0.142 e. The van der Waals surface area contributed by atoms with Crippen LogP contribution in [0.25, 0.3) is 22.3 Å². The van der Waals surface area contributed by atoms with Gasteiger partial charge in [-0.15, -0.1) is 0 Å². The SMILES string of the molecule is COc1cc(-c2ccc(N)c(OC)c2)ccc1N.Cc1c(N)ccc(-c2ccc(N)cc2)c1C. The van der Waals surface area contributed by atoms with Crippen molar-refractivity contribution in [2.75, 3.05) is 37.2 Å². The first kappa shape index (κ1) is 24.3. The lowest BCUT2D eigenvalue weighted by Crippen LogP contribution is -1.94. The standard InChI is InChI=1S/C14H16N2O2.C14H16N2/c1-17-13-7-9(3-5-11(13)15)10-4-6-12(16)14(8-10)18-2;1-9-10(2)14(16)8-7-13(9)11-3-5-12(15)6-4-11/h3-8H,15-16H2,1-2H3;3-8H,15-16H2,1-2H3. The molecular formula is C28H32N4O2. The molecule has 0 fully saturated rings. The second-order valence-electron chi connectivity index (χ2n) is 7.99. The molecule has 0 bridgehead atoms. The van der Waals surface area contributed by atoms with Gasteiger partial charge in [0.1, 0.15) is 11.5 Å². The Bertz CT molecular complexity index is 1230. The third-order valence-corrected chi connectivity index (χ3v) is 5.85. The monoisotopic (exact) mass is 456 g/mol. The smallest absolute Gasteiger partial charge is 0.142 e. The molecule has 0 aromatic heterocycles. The fourth-order valence-corrected chi connectivity index (χ4v) is 3.60. The number of hydrogen-bond donors (Lipinski definition) is 4. The van der Waals surface area contributed by atoms with Crippen LogP contribution in [0.3, 0.4) is 0 Å². The first-order valence-corrected chi connectivity index (χ1v) is 10.8. The van der Waals surface area contributed by atoms with Crippen molar-refractivity contribution in [1.29, 1.82) is 0 Å². The van der Waals surface area contributed by atoms with Gasteiger partial charge in [0.25, 0.3) is 0 Å². The molecule has 0 radical (unpaired) electrons. The highest BCUT2D eigenvalue weighted by atomic mass is 16.5. The van der Waals surface area contributed by atoms with E-state index in [2.05, 4.69) is 13.0 Å². The first-order valence-electron chi connectivity index (χ1n) is 10.8. The number of ether oxygens (including phenoxy) is 2. The van der Waals surface area contributed by atoms with E-state index in [9.17, 15) is 0 Å². The van der Waals surface area contributed by atoms with E-state index in [0.29, 0.717) is 22.9 Å². The minimum Gasteiger partial charge on any atom is -0.495 e. The maximum atomic E-state index is 5.87. The molecule has 0 aliphatic heterocycles. The lowest BCUT2D eigenvalue weighted by atomic mass is 9.96. The van der Waals surface area contributed by atoms with Crippen LogP contribution in [0, 0.1) is 13.8 Å². The summed E-state index contributed by atoms with van der Waals surface area (Å²) in [7, 11) is 3.19. The zero-order chi connectivity index (χ0) is 24.8. The topological polar surface area (TPSA) is 123 Å². The molecule has 0 spiro atoms. The van der Waals surface area contributed by atoms with Crippen molar-refractivity contribution < 1.29 is 9.47 Å². The predicted molar refractivity (Wildman–Crippen MR) is 144 cm³/mol. The van der Waals surface area contributed by atoms with Crippen molar-refractivity contribution >= 4 is 22.7 Å². The lowest BCUT2D eigenvalue weighted by molar-refractivity contribution is 0.416. The highest BCUT2D eigenvalue weighted by molar-refractivity contribution is 5.74. The van der Waals surface area contributed by atoms with E-state index in [4.69, 9.17) is 32.4 Å². The average molecular weight is 457 g/mol. The predicted octanol–water partition coefficient (Wildman–Crippen LogP) is 5.67. The van der Waals surface area contributed by atoms with Gasteiger partial charge in [-0.2, -0.15) is 0 Å². The second-order valence-corrected chi connectivity index (χ2v) is 7.99. The van der Waals surface area contributed by atoms with Crippen LogP contribution in [0.4, 0.5) is 22.7 Å². The Kier molecular flexibility index (Phi) is 7.53. The Labute approximate surface area is 201 Å². The van der Waals surface area contributed by atoms with Crippen LogP contribution >= 0.6 is 0 Å². The third kappa shape index (κ3) is 5.35. The molecule has 0 atom stereocenters. The Morgan fingerprint density at radius 2 is 0.941 bits per heavy atom. The number of anilines is 4. The van der Waals surface area contributed by atoms with Crippen molar-refractivity contribution in [3.63, 3.8) is 0 Å². The molecule has 0 aliphatic carbocycles. The minimum atomic E-state index is 0.615. The molecule has 0 aliphatic rings. The molecule has 8 N–H and O–H groups in total. The summed E-state index contributed by atoms with van der Waals surface area (Å²) in [5, 5.41) is 0.